The highest BCUT2D eigenvalue weighted by atomic mass is 19.1. The van der Waals surface area contributed by atoms with Gasteiger partial charge in [-0.05, 0) is 29.7 Å². The molecule has 6 heteroatoms. The first kappa shape index (κ1) is 16.7. The van der Waals surface area contributed by atoms with E-state index in [0.29, 0.717) is 5.56 Å². The second-order valence-corrected chi connectivity index (χ2v) is 4.80. The third kappa shape index (κ3) is 4.91. The van der Waals surface area contributed by atoms with E-state index < -0.39 is 23.7 Å². The van der Waals surface area contributed by atoms with Crippen molar-refractivity contribution in [2.45, 2.75) is 19.9 Å². The number of benzene rings is 1. The minimum atomic E-state index is -1.10. The monoisotopic (exact) mass is 295 g/mol. The maximum Gasteiger partial charge on any atom is 0.326 e. The van der Waals surface area contributed by atoms with Crippen molar-refractivity contribution in [2.24, 2.45) is 5.92 Å². The third-order valence-electron chi connectivity index (χ3n) is 2.83. The average molecular weight is 295 g/mol. The molecule has 0 bridgehead atoms. The van der Waals surface area contributed by atoms with Crippen LogP contribution in [0.5, 0.6) is 5.75 Å². The van der Waals surface area contributed by atoms with Crippen molar-refractivity contribution >= 4 is 18.0 Å². The van der Waals surface area contributed by atoms with Gasteiger partial charge in [-0.15, -0.1) is 0 Å². The Morgan fingerprint density at radius 1 is 1.38 bits per heavy atom. The van der Waals surface area contributed by atoms with Crippen LogP contribution in [-0.4, -0.2) is 30.1 Å². The van der Waals surface area contributed by atoms with Crippen LogP contribution < -0.4 is 10.1 Å². The van der Waals surface area contributed by atoms with Gasteiger partial charge in [0.1, 0.15) is 6.04 Å². The van der Waals surface area contributed by atoms with Crippen LogP contribution in [-0.2, 0) is 9.59 Å². The lowest BCUT2D eigenvalue weighted by atomic mass is 10.0. The molecule has 5 nitrogen and oxygen atoms in total. The predicted octanol–water partition coefficient (Wildman–Crippen LogP) is 2.07. The zero-order valence-electron chi connectivity index (χ0n) is 12.1. The number of rotatable bonds is 6. The summed E-state index contributed by atoms with van der Waals surface area (Å²) in [6.45, 7) is 3.39. The Hall–Kier alpha value is -2.37. The lowest BCUT2D eigenvalue weighted by molar-refractivity contribution is -0.142. The number of halogens is 1. The van der Waals surface area contributed by atoms with Crippen LogP contribution in [0, 0.1) is 11.7 Å². The van der Waals surface area contributed by atoms with Crippen molar-refractivity contribution in [3.05, 3.63) is 35.7 Å². The summed E-state index contributed by atoms with van der Waals surface area (Å²) in [6.07, 6.45) is 2.57. The molecule has 1 aromatic rings. The zero-order valence-corrected chi connectivity index (χ0v) is 12.1. The number of carboxylic acid groups (broad SMARTS) is 1. The molecule has 0 aromatic heterocycles. The van der Waals surface area contributed by atoms with E-state index in [2.05, 4.69) is 5.32 Å². The topological polar surface area (TPSA) is 75.6 Å². The second-order valence-electron chi connectivity index (χ2n) is 4.80. The van der Waals surface area contributed by atoms with Crippen molar-refractivity contribution in [1.82, 2.24) is 5.32 Å². The first-order valence-electron chi connectivity index (χ1n) is 6.40. The molecule has 2 N–H and O–H groups in total. The van der Waals surface area contributed by atoms with Crippen molar-refractivity contribution in [3.8, 4) is 5.75 Å². The predicted molar refractivity (Wildman–Crippen MR) is 76.4 cm³/mol. The molecule has 0 radical (unpaired) electrons. The van der Waals surface area contributed by atoms with E-state index in [9.17, 15) is 14.0 Å². The van der Waals surface area contributed by atoms with Crippen molar-refractivity contribution in [3.63, 3.8) is 0 Å². The Balaban J connectivity index is 2.74. The number of hydrogen-bond donors (Lipinski definition) is 2. The van der Waals surface area contributed by atoms with E-state index in [1.165, 1.54) is 31.4 Å². The smallest absolute Gasteiger partial charge is 0.326 e. The molecule has 1 atom stereocenters. The van der Waals surface area contributed by atoms with Gasteiger partial charge >= 0.3 is 5.97 Å². The van der Waals surface area contributed by atoms with Crippen molar-refractivity contribution in [2.75, 3.05) is 7.11 Å². The van der Waals surface area contributed by atoms with Gasteiger partial charge in [0, 0.05) is 6.08 Å². The molecule has 1 aromatic carbocycles. The molecule has 0 spiro atoms. The molecule has 0 saturated heterocycles. The molecule has 0 aliphatic rings. The maximum atomic E-state index is 13.5. The number of nitrogens with one attached hydrogen (secondary N) is 1. The lowest BCUT2D eigenvalue weighted by Crippen LogP contribution is -2.43. The van der Waals surface area contributed by atoms with Crippen LogP contribution >= 0.6 is 0 Å². The number of carboxylic acids is 1. The fourth-order valence-electron chi connectivity index (χ4n) is 1.67. The summed E-state index contributed by atoms with van der Waals surface area (Å²) >= 11 is 0. The Kier molecular flexibility index (Phi) is 5.90. The Morgan fingerprint density at radius 3 is 2.52 bits per heavy atom. The quantitative estimate of drug-likeness (QED) is 0.788. The van der Waals surface area contributed by atoms with Crippen LogP contribution in [0.1, 0.15) is 19.4 Å². The highest BCUT2D eigenvalue weighted by Gasteiger charge is 2.22. The molecule has 0 saturated carbocycles. The fraction of sp³-hybridized carbons (Fsp3) is 0.333. The van der Waals surface area contributed by atoms with Crippen LogP contribution in [0.4, 0.5) is 4.39 Å². The molecular weight excluding hydrogens is 277 g/mol. The molecule has 0 aliphatic carbocycles. The Morgan fingerprint density at radius 2 is 2.05 bits per heavy atom. The summed E-state index contributed by atoms with van der Waals surface area (Å²) < 4.78 is 18.2. The van der Waals surface area contributed by atoms with Gasteiger partial charge in [-0.3, -0.25) is 4.79 Å². The van der Waals surface area contributed by atoms with Gasteiger partial charge in [0.25, 0.3) is 0 Å². The first-order chi connectivity index (χ1) is 9.85. The molecule has 114 valence electrons. The summed E-state index contributed by atoms with van der Waals surface area (Å²) in [5.41, 5.74) is 0.472. The fourth-order valence-corrected chi connectivity index (χ4v) is 1.67. The summed E-state index contributed by atoms with van der Waals surface area (Å²) in [5.74, 6) is -2.30. The third-order valence-corrected chi connectivity index (χ3v) is 2.83. The molecule has 0 fully saturated rings. The number of carbonyl (C=O) groups is 2. The van der Waals surface area contributed by atoms with Gasteiger partial charge in [-0.25, -0.2) is 9.18 Å². The van der Waals surface area contributed by atoms with Gasteiger partial charge in [0.15, 0.2) is 11.6 Å². The normalized spacial score (nSPS) is 12.4. The van der Waals surface area contributed by atoms with Gasteiger partial charge in [0.2, 0.25) is 5.91 Å². The van der Waals surface area contributed by atoms with E-state index in [1.54, 1.807) is 19.9 Å². The highest BCUT2D eigenvalue weighted by molar-refractivity contribution is 5.94. The van der Waals surface area contributed by atoms with E-state index in [4.69, 9.17) is 9.84 Å². The average Bonchev–Trinajstić information content (AvgIpc) is 2.42. The lowest BCUT2D eigenvalue weighted by Gasteiger charge is -2.16. The number of hydrogen-bond acceptors (Lipinski definition) is 3. The summed E-state index contributed by atoms with van der Waals surface area (Å²) in [4.78, 5) is 22.6. The molecule has 21 heavy (non-hydrogen) atoms. The molecule has 0 heterocycles. The van der Waals surface area contributed by atoms with Gasteiger partial charge in [-0.1, -0.05) is 19.9 Å². The standard InChI is InChI=1S/C15H18FNO4/c1-9(2)14(15(19)20)17-13(18)7-5-10-4-6-12(21-3)11(16)8-10/h4-9,14H,1-3H3,(H,17,18)(H,19,20)/b7-5+. The Bertz CT molecular complexity index is 555. The number of ether oxygens (including phenoxy) is 1. The molecule has 0 aliphatic heterocycles. The molecule has 1 amide bonds. The van der Waals surface area contributed by atoms with Crippen LogP contribution in [0.2, 0.25) is 0 Å². The van der Waals surface area contributed by atoms with Gasteiger partial charge in [-0.2, -0.15) is 0 Å². The van der Waals surface area contributed by atoms with E-state index in [-0.39, 0.29) is 11.7 Å². The van der Waals surface area contributed by atoms with E-state index >= 15 is 0 Å². The van der Waals surface area contributed by atoms with Crippen molar-refractivity contribution in [1.29, 1.82) is 0 Å². The number of amides is 1. The molecule has 1 rings (SSSR count). The van der Waals surface area contributed by atoms with Crippen molar-refractivity contribution < 1.29 is 23.8 Å². The minimum absolute atomic E-state index is 0.113. The largest absolute Gasteiger partial charge is 0.494 e. The maximum absolute atomic E-state index is 13.5. The summed E-state index contributed by atoms with van der Waals surface area (Å²) in [7, 11) is 1.36. The van der Waals surface area contributed by atoms with Crippen LogP contribution in [0.3, 0.4) is 0 Å². The number of carbonyl (C=O) groups excluding carboxylic acids is 1. The molecule has 1 unspecified atom stereocenters. The van der Waals surface area contributed by atoms with Crippen LogP contribution in [0.25, 0.3) is 6.08 Å². The SMILES string of the molecule is COc1ccc(/C=C/C(=O)NC(C(=O)O)C(C)C)cc1F. The van der Waals surface area contributed by atoms with E-state index in [0.717, 1.165) is 0 Å². The molecular formula is C15H18FNO4. The number of aliphatic carboxylic acids is 1. The van der Waals surface area contributed by atoms with Gasteiger partial charge in [0.05, 0.1) is 7.11 Å². The van der Waals surface area contributed by atoms with Crippen LogP contribution in [0.15, 0.2) is 24.3 Å². The van der Waals surface area contributed by atoms with E-state index in [1.807, 2.05) is 0 Å². The second kappa shape index (κ2) is 7.42. The highest BCUT2D eigenvalue weighted by Crippen LogP contribution is 2.18. The van der Waals surface area contributed by atoms with Gasteiger partial charge < -0.3 is 15.2 Å². The number of methoxy groups -OCH3 is 1. The first-order valence-corrected chi connectivity index (χ1v) is 6.40. The summed E-state index contributed by atoms with van der Waals surface area (Å²) in [5, 5.41) is 11.3. The minimum Gasteiger partial charge on any atom is -0.494 e. The summed E-state index contributed by atoms with van der Waals surface area (Å²) in [6, 6.07) is 3.29. The zero-order chi connectivity index (χ0) is 16.0. The Labute approximate surface area is 122 Å².